The predicted octanol–water partition coefficient (Wildman–Crippen LogP) is 2.54. The Bertz CT molecular complexity index is 750. The number of carboxylic acid groups (broad SMARTS) is 1. The average molecular weight is 332 g/mol. The van der Waals surface area contributed by atoms with Gasteiger partial charge in [0.25, 0.3) is 0 Å². The van der Waals surface area contributed by atoms with Gasteiger partial charge in [-0.1, -0.05) is 0 Å². The Morgan fingerprint density at radius 2 is 2.00 bits per heavy atom. The minimum atomic E-state index is -0.921. The number of nitrogens with one attached hydrogen (secondary N) is 1. The number of hydrogen-bond acceptors (Lipinski definition) is 4. The van der Waals surface area contributed by atoms with Crippen LogP contribution in [-0.4, -0.2) is 27.5 Å². The van der Waals surface area contributed by atoms with Gasteiger partial charge >= 0.3 is 5.97 Å². The molecule has 0 saturated heterocycles. The van der Waals surface area contributed by atoms with Crippen molar-refractivity contribution in [2.45, 2.75) is 37.6 Å². The second-order valence-corrected chi connectivity index (χ2v) is 6.08. The highest BCUT2D eigenvalue weighted by Gasteiger charge is 2.40. The molecule has 0 aliphatic heterocycles. The van der Waals surface area contributed by atoms with Crippen LogP contribution < -0.4 is 5.32 Å². The molecule has 7 heteroatoms. The lowest BCUT2D eigenvalue weighted by Crippen LogP contribution is -2.55. The van der Waals surface area contributed by atoms with Gasteiger partial charge in [-0.15, -0.1) is 0 Å². The van der Waals surface area contributed by atoms with Crippen molar-refractivity contribution >= 4 is 11.9 Å². The molecule has 1 amide bonds. The van der Waals surface area contributed by atoms with Gasteiger partial charge in [-0.05, 0) is 43.5 Å². The van der Waals surface area contributed by atoms with Gasteiger partial charge in [0.1, 0.15) is 12.1 Å². The Labute approximate surface area is 137 Å². The van der Waals surface area contributed by atoms with Crippen LogP contribution >= 0.6 is 0 Å². The molecule has 0 spiro atoms. The molecule has 6 nitrogen and oxygen atoms in total. The quantitative estimate of drug-likeness (QED) is 0.848. The summed E-state index contributed by atoms with van der Waals surface area (Å²) in [6.45, 7) is 0. The first-order chi connectivity index (χ1) is 11.5. The van der Waals surface area contributed by atoms with Gasteiger partial charge in [0, 0.05) is 5.56 Å². The van der Waals surface area contributed by atoms with Gasteiger partial charge in [-0.2, -0.15) is 0 Å². The lowest BCUT2D eigenvalue weighted by atomic mass is 9.74. The average Bonchev–Trinajstić information content (AvgIpc) is 2.93. The highest BCUT2D eigenvalue weighted by Crippen LogP contribution is 2.35. The highest BCUT2D eigenvalue weighted by molar-refractivity contribution is 5.80. The van der Waals surface area contributed by atoms with E-state index in [-0.39, 0.29) is 24.6 Å². The molecule has 1 aliphatic rings. The first-order valence-corrected chi connectivity index (χ1v) is 7.69. The number of rotatable bonds is 6. The third kappa shape index (κ3) is 3.61. The summed E-state index contributed by atoms with van der Waals surface area (Å²) in [6.07, 6.45) is 3.56. The molecular formula is C17H17FN2O4. The number of oxazole rings is 1. The molecule has 0 unspecified atom stereocenters. The number of benzene rings is 1. The molecule has 1 aromatic heterocycles. The number of aromatic nitrogens is 1. The summed E-state index contributed by atoms with van der Waals surface area (Å²) in [4.78, 5) is 27.3. The van der Waals surface area contributed by atoms with Crippen molar-refractivity contribution in [2.75, 3.05) is 0 Å². The summed E-state index contributed by atoms with van der Waals surface area (Å²) in [5.74, 6) is -1.25. The van der Waals surface area contributed by atoms with E-state index in [9.17, 15) is 14.0 Å². The Morgan fingerprint density at radius 1 is 1.29 bits per heavy atom. The second kappa shape index (κ2) is 6.43. The van der Waals surface area contributed by atoms with Gasteiger partial charge in [-0.3, -0.25) is 9.59 Å². The maximum Gasteiger partial charge on any atom is 0.305 e. The third-order valence-corrected chi connectivity index (χ3v) is 4.19. The molecule has 2 aromatic rings. The fourth-order valence-corrected chi connectivity index (χ4v) is 2.86. The summed E-state index contributed by atoms with van der Waals surface area (Å²) >= 11 is 0. The summed E-state index contributed by atoms with van der Waals surface area (Å²) < 4.78 is 18.2. The number of nitrogens with zero attached hydrogens (tertiary/aromatic N) is 1. The number of carbonyl (C=O) groups is 2. The van der Waals surface area contributed by atoms with Crippen molar-refractivity contribution in [2.24, 2.45) is 0 Å². The largest absolute Gasteiger partial charge is 0.481 e. The fourth-order valence-electron chi connectivity index (χ4n) is 2.86. The number of carbonyl (C=O) groups excluding carboxylic acids is 1. The number of carboxylic acids is 1. The summed E-state index contributed by atoms with van der Waals surface area (Å²) in [5.41, 5.74) is 0.424. The van der Waals surface area contributed by atoms with Crippen LogP contribution in [0.25, 0.3) is 11.5 Å². The fraction of sp³-hybridized carbons (Fsp3) is 0.353. The molecule has 126 valence electrons. The molecule has 1 saturated carbocycles. The van der Waals surface area contributed by atoms with Crippen molar-refractivity contribution in [1.29, 1.82) is 0 Å². The Morgan fingerprint density at radius 3 is 2.58 bits per heavy atom. The summed E-state index contributed by atoms with van der Waals surface area (Å²) in [7, 11) is 0. The van der Waals surface area contributed by atoms with Crippen LogP contribution in [0.4, 0.5) is 4.39 Å². The number of amides is 1. The molecule has 0 atom stereocenters. The number of hydrogen-bond donors (Lipinski definition) is 2. The van der Waals surface area contributed by atoms with E-state index in [1.807, 2.05) is 0 Å². The summed E-state index contributed by atoms with van der Waals surface area (Å²) in [5, 5.41) is 11.8. The molecule has 1 aliphatic carbocycles. The van der Waals surface area contributed by atoms with E-state index in [0.717, 1.165) is 6.42 Å². The van der Waals surface area contributed by atoms with E-state index in [2.05, 4.69) is 10.3 Å². The topological polar surface area (TPSA) is 92.4 Å². The van der Waals surface area contributed by atoms with Gasteiger partial charge in [0.15, 0.2) is 0 Å². The SMILES string of the molecule is O=C(O)CC1(NC(=O)Cc2coc(-c3ccc(F)cc3)n2)CCC1. The predicted molar refractivity (Wildman–Crippen MR) is 82.6 cm³/mol. The molecule has 2 N–H and O–H groups in total. The second-order valence-electron chi connectivity index (χ2n) is 6.08. The smallest absolute Gasteiger partial charge is 0.305 e. The van der Waals surface area contributed by atoms with Gasteiger partial charge in [0.2, 0.25) is 11.8 Å². The van der Waals surface area contributed by atoms with E-state index in [1.54, 1.807) is 12.1 Å². The Kier molecular flexibility index (Phi) is 4.33. The van der Waals surface area contributed by atoms with Crippen molar-refractivity contribution < 1.29 is 23.5 Å². The molecule has 1 fully saturated rings. The highest BCUT2D eigenvalue weighted by atomic mass is 19.1. The first kappa shape index (κ1) is 16.2. The lowest BCUT2D eigenvalue weighted by Gasteiger charge is -2.41. The van der Waals surface area contributed by atoms with Crippen LogP contribution in [-0.2, 0) is 16.0 Å². The van der Waals surface area contributed by atoms with Crippen molar-refractivity contribution in [3.8, 4) is 11.5 Å². The molecule has 0 radical (unpaired) electrons. The van der Waals surface area contributed by atoms with E-state index in [4.69, 9.17) is 9.52 Å². The standard InChI is InChI=1S/C17H17FN2O4/c18-12-4-2-11(3-5-12)16-19-13(10-24-16)8-14(21)20-17(6-1-7-17)9-15(22)23/h2-5,10H,1,6-9H2,(H,20,21)(H,22,23). The molecule has 0 bridgehead atoms. The monoisotopic (exact) mass is 332 g/mol. The van der Waals surface area contributed by atoms with Crippen LogP contribution in [0.1, 0.15) is 31.4 Å². The van der Waals surface area contributed by atoms with Crippen LogP contribution in [0, 0.1) is 5.82 Å². The van der Waals surface area contributed by atoms with Gasteiger partial charge in [-0.25, -0.2) is 9.37 Å². The van der Waals surface area contributed by atoms with Crippen LogP contribution in [0.3, 0.4) is 0 Å². The lowest BCUT2D eigenvalue weighted by molar-refractivity contribution is -0.140. The maximum atomic E-state index is 12.9. The van der Waals surface area contributed by atoms with Crippen LogP contribution in [0.5, 0.6) is 0 Å². The van der Waals surface area contributed by atoms with Gasteiger partial charge in [0.05, 0.1) is 24.1 Å². The Balaban J connectivity index is 1.63. The molecule has 3 rings (SSSR count). The molecular weight excluding hydrogens is 315 g/mol. The zero-order valence-corrected chi connectivity index (χ0v) is 12.9. The van der Waals surface area contributed by atoms with Crippen molar-refractivity contribution in [3.63, 3.8) is 0 Å². The van der Waals surface area contributed by atoms with E-state index in [0.29, 0.717) is 30.0 Å². The maximum absolute atomic E-state index is 12.9. The van der Waals surface area contributed by atoms with Crippen molar-refractivity contribution in [1.82, 2.24) is 10.3 Å². The minimum Gasteiger partial charge on any atom is -0.481 e. The van der Waals surface area contributed by atoms with Gasteiger partial charge < -0.3 is 14.8 Å². The zero-order chi connectivity index (χ0) is 17.2. The zero-order valence-electron chi connectivity index (χ0n) is 12.9. The number of aliphatic carboxylic acids is 1. The minimum absolute atomic E-state index is 0.00602. The van der Waals surface area contributed by atoms with E-state index in [1.165, 1.54) is 18.4 Å². The first-order valence-electron chi connectivity index (χ1n) is 7.69. The summed E-state index contributed by atoms with van der Waals surface area (Å²) in [6, 6.07) is 5.69. The molecule has 1 heterocycles. The molecule has 1 aromatic carbocycles. The van der Waals surface area contributed by atoms with Crippen LogP contribution in [0.15, 0.2) is 34.9 Å². The Hall–Kier alpha value is -2.70. The normalized spacial score (nSPS) is 15.5. The molecule has 24 heavy (non-hydrogen) atoms. The van der Waals surface area contributed by atoms with Crippen LogP contribution in [0.2, 0.25) is 0 Å². The number of halogens is 1. The third-order valence-electron chi connectivity index (χ3n) is 4.19. The van der Waals surface area contributed by atoms with Crippen molar-refractivity contribution in [3.05, 3.63) is 42.0 Å². The van der Waals surface area contributed by atoms with E-state index < -0.39 is 11.5 Å². The van der Waals surface area contributed by atoms with E-state index >= 15 is 0 Å².